The van der Waals surface area contributed by atoms with Crippen molar-refractivity contribution < 1.29 is 0 Å². The first-order chi connectivity index (χ1) is 8.25. The van der Waals surface area contributed by atoms with Crippen molar-refractivity contribution >= 4 is 17.0 Å². The first-order valence-corrected chi connectivity index (χ1v) is 6.68. The van der Waals surface area contributed by atoms with Crippen molar-refractivity contribution in [2.24, 2.45) is 0 Å². The Morgan fingerprint density at radius 2 is 1.71 bits per heavy atom. The van der Waals surface area contributed by atoms with E-state index in [9.17, 15) is 0 Å². The van der Waals surface area contributed by atoms with Gasteiger partial charge in [0.25, 0.3) is 0 Å². The zero-order valence-electron chi connectivity index (χ0n) is 10.3. The molecule has 2 rings (SSSR count). The summed E-state index contributed by atoms with van der Waals surface area (Å²) >= 11 is 1.75. The number of thiophene rings is 1. The van der Waals surface area contributed by atoms with Crippen molar-refractivity contribution in [3.05, 3.63) is 52.2 Å². The lowest BCUT2D eigenvalue weighted by molar-refractivity contribution is 0.695. The van der Waals surface area contributed by atoms with E-state index < -0.39 is 0 Å². The smallest absolute Gasteiger partial charge is 0.0361 e. The summed E-state index contributed by atoms with van der Waals surface area (Å²) in [7, 11) is 4.12. The summed E-state index contributed by atoms with van der Waals surface area (Å²) < 4.78 is 0. The van der Waals surface area contributed by atoms with Crippen LogP contribution in [0.3, 0.4) is 0 Å². The maximum Gasteiger partial charge on any atom is 0.0361 e. The lowest BCUT2D eigenvalue weighted by atomic mass is 10.2. The van der Waals surface area contributed by atoms with E-state index in [2.05, 4.69) is 65.4 Å². The molecule has 0 atom stereocenters. The first kappa shape index (κ1) is 12.1. The summed E-state index contributed by atoms with van der Waals surface area (Å²) in [4.78, 5) is 2.11. The number of nitrogens with zero attached hydrogens (tertiary/aromatic N) is 1. The summed E-state index contributed by atoms with van der Waals surface area (Å²) in [5.41, 5.74) is 3.93. The van der Waals surface area contributed by atoms with Gasteiger partial charge >= 0.3 is 0 Å². The highest BCUT2D eigenvalue weighted by atomic mass is 32.1. The van der Waals surface area contributed by atoms with Crippen LogP contribution in [0.15, 0.2) is 41.1 Å². The predicted octanol–water partition coefficient (Wildman–Crippen LogP) is 3.10. The molecule has 17 heavy (non-hydrogen) atoms. The van der Waals surface area contributed by atoms with Crippen molar-refractivity contribution in [3.8, 4) is 0 Å². The number of benzene rings is 1. The Morgan fingerprint density at radius 1 is 1.00 bits per heavy atom. The molecular formula is C14H18N2S. The topological polar surface area (TPSA) is 15.3 Å². The molecular weight excluding hydrogens is 228 g/mol. The minimum Gasteiger partial charge on any atom is -0.378 e. The molecule has 0 radical (unpaired) electrons. The van der Waals surface area contributed by atoms with Gasteiger partial charge in [-0.1, -0.05) is 12.1 Å². The second kappa shape index (κ2) is 5.84. The average Bonchev–Trinajstić information content (AvgIpc) is 2.83. The van der Waals surface area contributed by atoms with E-state index in [1.807, 2.05) is 0 Å². The maximum absolute atomic E-state index is 3.45. The van der Waals surface area contributed by atoms with Crippen LogP contribution >= 0.6 is 11.3 Å². The van der Waals surface area contributed by atoms with Crippen molar-refractivity contribution in [1.29, 1.82) is 0 Å². The highest BCUT2D eigenvalue weighted by molar-refractivity contribution is 7.07. The molecule has 0 bridgehead atoms. The quantitative estimate of drug-likeness (QED) is 0.872. The van der Waals surface area contributed by atoms with Crippen LogP contribution in [0, 0.1) is 0 Å². The summed E-state index contributed by atoms with van der Waals surface area (Å²) in [6.07, 6.45) is 0. The van der Waals surface area contributed by atoms with Crippen LogP contribution in [-0.4, -0.2) is 14.1 Å². The molecule has 90 valence electrons. The molecule has 0 saturated heterocycles. The average molecular weight is 246 g/mol. The molecule has 0 aliphatic heterocycles. The van der Waals surface area contributed by atoms with Gasteiger partial charge in [0.15, 0.2) is 0 Å². The molecule has 0 aliphatic carbocycles. The van der Waals surface area contributed by atoms with Gasteiger partial charge in [0, 0.05) is 32.9 Å². The van der Waals surface area contributed by atoms with Gasteiger partial charge in [-0.05, 0) is 40.1 Å². The molecule has 1 aromatic carbocycles. The summed E-state index contributed by atoms with van der Waals surface area (Å²) in [5.74, 6) is 0. The largest absolute Gasteiger partial charge is 0.378 e. The monoisotopic (exact) mass is 246 g/mol. The zero-order chi connectivity index (χ0) is 12.1. The van der Waals surface area contributed by atoms with E-state index in [0.29, 0.717) is 0 Å². The van der Waals surface area contributed by atoms with Gasteiger partial charge in [0.05, 0.1) is 0 Å². The molecule has 1 aromatic heterocycles. The minimum absolute atomic E-state index is 0.920. The number of hydrogen-bond donors (Lipinski definition) is 1. The van der Waals surface area contributed by atoms with E-state index in [4.69, 9.17) is 0 Å². The standard InChI is InChI=1S/C14H18N2S/c1-16(2)14-5-3-12(4-6-14)9-15-10-13-7-8-17-11-13/h3-8,11,15H,9-10H2,1-2H3. The Hall–Kier alpha value is -1.32. The number of rotatable bonds is 5. The second-order valence-electron chi connectivity index (χ2n) is 4.30. The third-order valence-electron chi connectivity index (χ3n) is 2.69. The second-order valence-corrected chi connectivity index (χ2v) is 5.08. The zero-order valence-corrected chi connectivity index (χ0v) is 11.1. The molecule has 0 saturated carbocycles. The molecule has 0 fully saturated rings. The maximum atomic E-state index is 3.45. The normalized spacial score (nSPS) is 10.5. The predicted molar refractivity (Wildman–Crippen MR) is 75.6 cm³/mol. The van der Waals surface area contributed by atoms with Crippen molar-refractivity contribution in [2.75, 3.05) is 19.0 Å². The van der Waals surface area contributed by atoms with Gasteiger partial charge in [-0.2, -0.15) is 11.3 Å². The van der Waals surface area contributed by atoms with Gasteiger partial charge in [-0.3, -0.25) is 0 Å². The Kier molecular flexibility index (Phi) is 4.18. The number of anilines is 1. The fourth-order valence-corrected chi connectivity index (χ4v) is 2.32. The molecule has 1 N–H and O–H groups in total. The van der Waals surface area contributed by atoms with E-state index in [1.54, 1.807) is 11.3 Å². The Balaban J connectivity index is 1.83. The van der Waals surface area contributed by atoms with Crippen LogP contribution in [-0.2, 0) is 13.1 Å². The molecule has 0 spiro atoms. The van der Waals surface area contributed by atoms with Crippen molar-refractivity contribution in [3.63, 3.8) is 0 Å². The molecule has 2 aromatic rings. The van der Waals surface area contributed by atoms with Gasteiger partial charge in [-0.15, -0.1) is 0 Å². The first-order valence-electron chi connectivity index (χ1n) is 5.74. The Bertz CT molecular complexity index is 432. The number of hydrogen-bond acceptors (Lipinski definition) is 3. The highest BCUT2D eigenvalue weighted by Gasteiger charge is 1.97. The van der Waals surface area contributed by atoms with Crippen molar-refractivity contribution in [1.82, 2.24) is 5.32 Å². The number of nitrogens with one attached hydrogen (secondary N) is 1. The van der Waals surface area contributed by atoms with E-state index in [0.717, 1.165) is 13.1 Å². The molecule has 1 heterocycles. The van der Waals surface area contributed by atoms with Crippen LogP contribution < -0.4 is 10.2 Å². The van der Waals surface area contributed by atoms with Crippen molar-refractivity contribution in [2.45, 2.75) is 13.1 Å². The van der Waals surface area contributed by atoms with Crippen LogP contribution in [0.2, 0.25) is 0 Å². The van der Waals surface area contributed by atoms with Crippen LogP contribution in [0.5, 0.6) is 0 Å². The third-order valence-corrected chi connectivity index (χ3v) is 3.42. The van der Waals surface area contributed by atoms with E-state index in [-0.39, 0.29) is 0 Å². The van der Waals surface area contributed by atoms with Gasteiger partial charge in [0.1, 0.15) is 0 Å². The minimum atomic E-state index is 0.920. The summed E-state index contributed by atoms with van der Waals surface area (Å²) in [6, 6.07) is 10.8. The highest BCUT2D eigenvalue weighted by Crippen LogP contribution is 2.12. The summed E-state index contributed by atoms with van der Waals surface area (Å²) in [5, 5.41) is 7.74. The lowest BCUT2D eigenvalue weighted by Crippen LogP contribution is -2.12. The fraction of sp³-hybridized carbons (Fsp3) is 0.286. The van der Waals surface area contributed by atoms with Gasteiger partial charge < -0.3 is 10.2 Å². The molecule has 0 aliphatic rings. The van der Waals surface area contributed by atoms with Crippen LogP contribution in [0.25, 0.3) is 0 Å². The van der Waals surface area contributed by atoms with Crippen LogP contribution in [0.4, 0.5) is 5.69 Å². The van der Waals surface area contributed by atoms with Gasteiger partial charge in [-0.25, -0.2) is 0 Å². The molecule has 2 nitrogen and oxygen atoms in total. The van der Waals surface area contributed by atoms with E-state index >= 15 is 0 Å². The lowest BCUT2D eigenvalue weighted by Gasteiger charge is -2.12. The Morgan fingerprint density at radius 3 is 2.29 bits per heavy atom. The Labute approximate surface area is 107 Å². The fourth-order valence-electron chi connectivity index (χ4n) is 1.66. The SMILES string of the molecule is CN(C)c1ccc(CNCc2ccsc2)cc1. The molecule has 3 heteroatoms. The van der Waals surface area contributed by atoms with Crippen LogP contribution in [0.1, 0.15) is 11.1 Å². The van der Waals surface area contributed by atoms with Gasteiger partial charge in [0.2, 0.25) is 0 Å². The molecule has 0 amide bonds. The van der Waals surface area contributed by atoms with E-state index in [1.165, 1.54) is 16.8 Å². The summed E-state index contributed by atoms with van der Waals surface area (Å²) in [6.45, 7) is 1.86. The third kappa shape index (κ3) is 3.58. The molecule has 0 unspecified atom stereocenters.